The van der Waals surface area contributed by atoms with Crippen LogP contribution >= 0.6 is 0 Å². The zero-order chi connectivity index (χ0) is 16.3. The largest absolute Gasteiger partial charge is 0.456 e. The summed E-state index contributed by atoms with van der Waals surface area (Å²) in [4.78, 5) is 12.3. The molecule has 0 aliphatic rings. The van der Waals surface area contributed by atoms with Gasteiger partial charge in [-0.05, 0) is 25.5 Å². The molecule has 2 rings (SSSR count). The lowest BCUT2D eigenvalue weighted by molar-refractivity contribution is 0.0910. The van der Waals surface area contributed by atoms with Gasteiger partial charge in [-0.1, -0.05) is 30.3 Å². The van der Waals surface area contributed by atoms with E-state index in [9.17, 15) is 13.2 Å². The van der Waals surface area contributed by atoms with Gasteiger partial charge in [0.2, 0.25) is 0 Å². The van der Waals surface area contributed by atoms with E-state index < -0.39 is 21.8 Å². The number of hydrogen-bond donors (Lipinski definition) is 1. The molecule has 0 aliphatic carbocycles. The lowest BCUT2D eigenvalue weighted by Crippen LogP contribution is -2.33. The molecule has 6 heteroatoms. The van der Waals surface area contributed by atoms with Gasteiger partial charge in [0.15, 0.2) is 5.76 Å². The van der Waals surface area contributed by atoms with Crippen molar-refractivity contribution >= 4 is 15.7 Å². The van der Waals surface area contributed by atoms with E-state index in [0.717, 1.165) is 17.4 Å². The van der Waals surface area contributed by atoms with Crippen LogP contribution in [-0.4, -0.2) is 26.3 Å². The van der Waals surface area contributed by atoms with E-state index in [1.54, 1.807) is 44.2 Å². The Bertz CT molecular complexity index is 763. The number of sulfone groups is 1. The maximum Gasteiger partial charge on any atom is 0.287 e. The summed E-state index contributed by atoms with van der Waals surface area (Å²) in [6.45, 7) is 3.54. The summed E-state index contributed by atoms with van der Waals surface area (Å²) >= 11 is 0. The number of hydrogen-bond acceptors (Lipinski definition) is 4. The molecule has 1 aromatic heterocycles. The molecular weight excluding hydrogens is 302 g/mol. The van der Waals surface area contributed by atoms with Gasteiger partial charge in [0.25, 0.3) is 5.91 Å². The fourth-order valence-corrected chi connectivity index (χ4v) is 3.18. The second kappa shape index (κ2) is 6.36. The predicted octanol–water partition coefficient (Wildman–Crippen LogP) is 2.41. The van der Waals surface area contributed by atoms with Crippen molar-refractivity contribution < 1.29 is 17.6 Å². The van der Waals surface area contributed by atoms with Gasteiger partial charge in [-0.3, -0.25) is 4.79 Å². The molecule has 1 unspecified atom stereocenters. The molecule has 118 valence electrons. The Morgan fingerprint density at radius 2 is 1.86 bits per heavy atom. The van der Waals surface area contributed by atoms with E-state index in [0.29, 0.717) is 5.76 Å². The standard InChI is InChI=1S/C16H19NO4S/c1-11-9-12(2)21-15(11)16(18)17-14(10-22(3,19)20)13-7-5-4-6-8-13/h4-9,14H,10H2,1-3H3,(H,17,18). The second-order valence-electron chi connectivity index (χ2n) is 5.40. The Morgan fingerprint density at radius 3 is 2.36 bits per heavy atom. The van der Waals surface area contributed by atoms with Gasteiger partial charge < -0.3 is 9.73 Å². The molecular formula is C16H19NO4S. The molecule has 0 saturated carbocycles. The van der Waals surface area contributed by atoms with E-state index in [1.165, 1.54) is 0 Å². The molecule has 0 aliphatic heterocycles. The molecule has 1 amide bonds. The Labute approximate surface area is 130 Å². The molecule has 5 nitrogen and oxygen atoms in total. The highest BCUT2D eigenvalue weighted by atomic mass is 32.2. The number of carbonyl (C=O) groups excluding carboxylic acids is 1. The van der Waals surface area contributed by atoms with Gasteiger partial charge in [-0.2, -0.15) is 0 Å². The molecule has 1 aromatic carbocycles. The number of furan rings is 1. The fraction of sp³-hybridized carbons (Fsp3) is 0.312. The predicted molar refractivity (Wildman–Crippen MR) is 84.5 cm³/mol. The van der Waals surface area contributed by atoms with Crippen molar-refractivity contribution in [3.63, 3.8) is 0 Å². The van der Waals surface area contributed by atoms with Crippen molar-refractivity contribution in [1.29, 1.82) is 0 Å². The van der Waals surface area contributed by atoms with E-state index in [-0.39, 0.29) is 11.5 Å². The average Bonchev–Trinajstić information content (AvgIpc) is 2.76. The topological polar surface area (TPSA) is 76.4 Å². The molecule has 0 bridgehead atoms. The van der Waals surface area contributed by atoms with Gasteiger partial charge in [0.05, 0.1) is 11.8 Å². The van der Waals surface area contributed by atoms with Gasteiger partial charge >= 0.3 is 0 Å². The van der Waals surface area contributed by atoms with Crippen LogP contribution in [0.1, 0.15) is 33.5 Å². The number of nitrogens with one attached hydrogen (secondary N) is 1. The van der Waals surface area contributed by atoms with Crippen LogP contribution in [-0.2, 0) is 9.84 Å². The third-order valence-electron chi connectivity index (χ3n) is 3.22. The van der Waals surface area contributed by atoms with E-state index in [1.807, 2.05) is 6.07 Å². The van der Waals surface area contributed by atoms with Crippen molar-refractivity contribution in [2.45, 2.75) is 19.9 Å². The average molecular weight is 321 g/mol. The number of rotatable bonds is 5. The summed E-state index contributed by atoms with van der Waals surface area (Å²) in [6, 6.07) is 10.2. The normalized spacial score (nSPS) is 12.9. The monoisotopic (exact) mass is 321 g/mol. The van der Waals surface area contributed by atoms with Crippen molar-refractivity contribution in [2.24, 2.45) is 0 Å². The number of aryl methyl sites for hydroxylation is 2. The molecule has 1 heterocycles. The first-order chi connectivity index (χ1) is 10.3. The summed E-state index contributed by atoms with van der Waals surface area (Å²) in [6.07, 6.45) is 1.15. The molecule has 2 aromatic rings. The zero-order valence-corrected chi connectivity index (χ0v) is 13.6. The lowest BCUT2D eigenvalue weighted by atomic mass is 10.1. The van der Waals surface area contributed by atoms with Crippen LogP contribution in [0.3, 0.4) is 0 Å². The Morgan fingerprint density at radius 1 is 1.23 bits per heavy atom. The van der Waals surface area contributed by atoms with E-state index in [4.69, 9.17) is 4.42 Å². The quantitative estimate of drug-likeness (QED) is 0.917. The van der Waals surface area contributed by atoms with Crippen LogP contribution in [0.15, 0.2) is 40.8 Å². The molecule has 0 fully saturated rings. The van der Waals surface area contributed by atoms with Crippen molar-refractivity contribution in [3.8, 4) is 0 Å². The molecule has 1 N–H and O–H groups in total. The maximum absolute atomic E-state index is 12.3. The van der Waals surface area contributed by atoms with Crippen molar-refractivity contribution in [2.75, 3.05) is 12.0 Å². The first-order valence-electron chi connectivity index (χ1n) is 6.87. The van der Waals surface area contributed by atoms with Crippen LogP contribution in [0.25, 0.3) is 0 Å². The SMILES string of the molecule is Cc1cc(C)c(C(=O)NC(CS(C)(=O)=O)c2ccccc2)o1. The van der Waals surface area contributed by atoms with Gasteiger partial charge in [-0.15, -0.1) is 0 Å². The maximum atomic E-state index is 12.3. The third kappa shape index (κ3) is 4.21. The lowest BCUT2D eigenvalue weighted by Gasteiger charge is -2.18. The molecule has 0 saturated heterocycles. The van der Waals surface area contributed by atoms with Crippen LogP contribution < -0.4 is 5.32 Å². The Hall–Kier alpha value is -2.08. The molecule has 0 spiro atoms. The number of benzene rings is 1. The van der Waals surface area contributed by atoms with Crippen LogP contribution in [0.5, 0.6) is 0 Å². The third-order valence-corrected chi connectivity index (χ3v) is 4.16. The minimum absolute atomic E-state index is 0.165. The summed E-state index contributed by atoms with van der Waals surface area (Å²) < 4.78 is 28.6. The number of amides is 1. The smallest absolute Gasteiger partial charge is 0.287 e. The summed E-state index contributed by atoms with van der Waals surface area (Å²) in [5.74, 6) is 0.277. The first kappa shape index (κ1) is 16.3. The van der Waals surface area contributed by atoms with Gasteiger partial charge in [0.1, 0.15) is 15.6 Å². The second-order valence-corrected chi connectivity index (χ2v) is 7.58. The highest BCUT2D eigenvalue weighted by Crippen LogP contribution is 2.18. The minimum atomic E-state index is -3.25. The van der Waals surface area contributed by atoms with Crippen LogP contribution in [0.2, 0.25) is 0 Å². The number of carbonyl (C=O) groups is 1. The molecule has 22 heavy (non-hydrogen) atoms. The van der Waals surface area contributed by atoms with Crippen molar-refractivity contribution in [3.05, 3.63) is 59.0 Å². The Balaban J connectivity index is 2.27. The summed E-state index contributed by atoms with van der Waals surface area (Å²) in [5, 5.41) is 2.75. The van der Waals surface area contributed by atoms with E-state index in [2.05, 4.69) is 5.32 Å². The fourth-order valence-electron chi connectivity index (χ4n) is 2.30. The summed E-state index contributed by atoms with van der Waals surface area (Å²) in [5.41, 5.74) is 1.46. The minimum Gasteiger partial charge on any atom is -0.456 e. The van der Waals surface area contributed by atoms with Gasteiger partial charge in [0, 0.05) is 11.8 Å². The zero-order valence-electron chi connectivity index (χ0n) is 12.8. The highest BCUT2D eigenvalue weighted by Gasteiger charge is 2.23. The van der Waals surface area contributed by atoms with Crippen LogP contribution in [0, 0.1) is 13.8 Å². The van der Waals surface area contributed by atoms with E-state index >= 15 is 0 Å². The van der Waals surface area contributed by atoms with Gasteiger partial charge in [-0.25, -0.2) is 8.42 Å². The van der Waals surface area contributed by atoms with Crippen molar-refractivity contribution in [1.82, 2.24) is 5.32 Å². The Kier molecular flexibility index (Phi) is 4.71. The summed E-state index contributed by atoms with van der Waals surface area (Å²) in [7, 11) is -3.25. The molecule has 0 radical (unpaired) electrons. The highest BCUT2D eigenvalue weighted by molar-refractivity contribution is 7.90. The first-order valence-corrected chi connectivity index (χ1v) is 8.93. The van der Waals surface area contributed by atoms with Crippen LogP contribution in [0.4, 0.5) is 0 Å². The molecule has 1 atom stereocenters.